The zero-order valence-corrected chi connectivity index (χ0v) is 6.21. The minimum atomic E-state index is 0.718. The predicted octanol–water partition coefficient (Wildman–Crippen LogP) is 1.21. The summed E-state index contributed by atoms with van der Waals surface area (Å²) in [6.07, 6.45) is 6.65. The maximum absolute atomic E-state index is 5.18. The number of hydrogen-bond acceptors (Lipinski definition) is 2. The van der Waals surface area contributed by atoms with Gasteiger partial charge in [-0.15, -0.1) is 0 Å². The first-order valence-corrected chi connectivity index (χ1v) is 3.73. The SMILES string of the molecule is C1=C(c2ncc[nH]2)CCOC1. The Morgan fingerprint density at radius 2 is 2.55 bits per heavy atom. The number of H-pyrrole nitrogens is 1. The number of imidazole rings is 1. The molecular formula is C8H10N2O. The van der Waals surface area contributed by atoms with Crippen molar-refractivity contribution < 1.29 is 4.74 Å². The highest BCUT2D eigenvalue weighted by molar-refractivity contribution is 5.60. The lowest BCUT2D eigenvalue weighted by molar-refractivity contribution is 0.161. The second-order valence-corrected chi connectivity index (χ2v) is 2.49. The van der Waals surface area contributed by atoms with Gasteiger partial charge in [-0.05, 0) is 12.0 Å². The first kappa shape index (κ1) is 6.61. The standard InChI is InChI=1S/C8H10N2O/c1-5-11-6-2-7(1)8-9-3-4-10-8/h1,3-4H,2,5-6H2,(H,9,10). The molecule has 3 nitrogen and oxygen atoms in total. The van der Waals surface area contributed by atoms with Crippen LogP contribution < -0.4 is 0 Å². The van der Waals surface area contributed by atoms with Crippen molar-refractivity contribution in [2.75, 3.05) is 13.2 Å². The van der Waals surface area contributed by atoms with Crippen molar-refractivity contribution in [2.24, 2.45) is 0 Å². The molecule has 0 saturated heterocycles. The maximum Gasteiger partial charge on any atom is 0.133 e. The topological polar surface area (TPSA) is 37.9 Å². The molecule has 1 aliphatic heterocycles. The first-order chi connectivity index (χ1) is 5.47. The summed E-state index contributed by atoms with van der Waals surface area (Å²) < 4.78 is 5.18. The van der Waals surface area contributed by atoms with Crippen LogP contribution >= 0.6 is 0 Å². The lowest BCUT2D eigenvalue weighted by atomic mass is 10.1. The van der Waals surface area contributed by atoms with Gasteiger partial charge in [-0.25, -0.2) is 4.98 Å². The van der Waals surface area contributed by atoms with E-state index >= 15 is 0 Å². The van der Waals surface area contributed by atoms with Crippen molar-refractivity contribution in [3.8, 4) is 0 Å². The van der Waals surface area contributed by atoms with E-state index < -0.39 is 0 Å². The largest absolute Gasteiger partial charge is 0.377 e. The molecule has 11 heavy (non-hydrogen) atoms. The molecule has 2 rings (SSSR count). The number of hydrogen-bond donors (Lipinski definition) is 1. The minimum Gasteiger partial charge on any atom is -0.377 e. The zero-order chi connectivity index (χ0) is 7.52. The molecule has 1 aliphatic rings. The molecule has 0 spiro atoms. The molecule has 2 heterocycles. The zero-order valence-electron chi connectivity index (χ0n) is 6.21. The molecule has 0 unspecified atom stereocenters. The number of nitrogens with zero attached hydrogens (tertiary/aromatic N) is 1. The van der Waals surface area contributed by atoms with Crippen molar-refractivity contribution >= 4 is 5.57 Å². The average Bonchev–Trinajstić information content (AvgIpc) is 2.58. The highest BCUT2D eigenvalue weighted by atomic mass is 16.5. The van der Waals surface area contributed by atoms with Crippen LogP contribution in [0.3, 0.4) is 0 Å². The monoisotopic (exact) mass is 150 g/mol. The summed E-state index contributed by atoms with van der Waals surface area (Å²) in [5, 5.41) is 0. The predicted molar refractivity (Wildman–Crippen MR) is 42.0 cm³/mol. The fourth-order valence-corrected chi connectivity index (χ4v) is 1.18. The minimum absolute atomic E-state index is 0.718. The Balaban J connectivity index is 2.22. The van der Waals surface area contributed by atoms with E-state index in [4.69, 9.17) is 4.74 Å². The lowest BCUT2D eigenvalue weighted by Gasteiger charge is -2.10. The van der Waals surface area contributed by atoms with Gasteiger partial charge < -0.3 is 9.72 Å². The number of aromatic nitrogens is 2. The Labute approximate surface area is 65.1 Å². The van der Waals surface area contributed by atoms with E-state index in [1.165, 1.54) is 5.57 Å². The molecular weight excluding hydrogens is 140 g/mol. The molecule has 1 aromatic heterocycles. The van der Waals surface area contributed by atoms with E-state index in [9.17, 15) is 0 Å². The third kappa shape index (κ3) is 1.33. The van der Waals surface area contributed by atoms with E-state index in [2.05, 4.69) is 16.0 Å². The molecule has 0 radical (unpaired) electrons. The van der Waals surface area contributed by atoms with Crippen LogP contribution in [0, 0.1) is 0 Å². The van der Waals surface area contributed by atoms with Crippen LogP contribution in [0.2, 0.25) is 0 Å². The van der Waals surface area contributed by atoms with Crippen LogP contribution in [-0.4, -0.2) is 23.2 Å². The number of rotatable bonds is 1. The highest BCUT2D eigenvalue weighted by Crippen LogP contribution is 2.16. The van der Waals surface area contributed by atoms with Crippen molar-refractivity contribution in [1.82, 2.24) is 9.97 Å². The highest BCUT2D eigenvalue weighted by Gasteiger charge is 2.06. The molecule has 1 aromatic rings. The molecule has 0 aliphatic carbocycles. The summed E-state index contributed by atoms with van der Waals surface area (Å²) in [4.78, 5) is 7.23. The van der Waals surface area contributed by atoms with Crippen LogP contribution in [0.15, 0.2) is 18.5 Å². The van der Waals surface area contributed by atoms with Gasteiger partial charge in [0.05, 0.1) is 13.2 Å². The normalized spacial score (nSPS) is 18.0. The van der Waals surface area contributed by atoms with Crippen LogP contribution in [0.5, 0.6) is 0 Å². The second kappa shape index (κ2) is 2.88. The van der Waals surface area contributed by atoms with Gasteiger partial charge in [0.15, 0.2) is 0 Å². The summed E-state index contributed by atoms with van der Waals surface area (Å²) in [7, 11) is 0. The summed E-state index contributed by atoms with van der Waals surface area (Å²) in [5.41, 5.74) is 1.27. The summed E-state index contributed by atoms with van der Waals surface area (Å²) in [6.45, 7) is 1.53. The quantitative estimate of drug-likeness (QED) is 0.653. The Kier molecular flexibility index (Phi) is 1.73. The fraction of sp³-hybridized carbons (Fsp3) is 0.375. The Morgan fingerprint density at radius 1 is 1.55 bits per heavy atom. The lowest BCUT2D eigenvalue weighted by Crippen LogP contribution is -2.04. The van der Waals surface area contributed by atoms with E-state index in [-0.39, 0.29) is 0 Å². The second-order valence-electron chi connectivity index (χ2n) is 2.49. The number of aromatic amines is 1. The molecule has 0 fully saturated rings. The Hall–Kier alpha value is -1.09. The van der Waals surface area contributed by atoms with Crippen LogP contribution in [0.1, 0.15) is 12.2 Å². The number of nitrogens with one attached hydrogen (secondary N) is 1. The van der Waals surface area contributed by atoms with Gasteiger partial charge in [0.25, 0.3) is 0 Å². The third-order valence-corrected chi connectivity index (χ3v) is 1.77. The summed E-state index contributed by atoms with van der Waals surface area (Å²) in [5.74, 6) is 0.980. The molecule has 58 valence electrons. The van der Waals surface area contributed by atoms with E-state index in [0.29, 0.717) is 0 Å². The molecule has 0 amide bonds. The molecule has 0 aromatic carbocycles. The number of ether oxygens (including phenoxy) is 1. The van der Waals surface area contributed by atoms with Crippen molar-refractivity contribution in [3.63, 3.8) is 0 Å². The van der Waals surface area contributed by atoms with Gasteiger partial charge in [0.1, 0.15) is 5.82 Å². The van der Waals surface area contributed by atoms with Crippen molar-refractivity contribution in [3.05, 3.63) is 24.3 Å². The molecule has 0 atom stereocenters. The average molecular weight is 150 g/mol. The van der Waals surface area contributed by atoms with Crippen LogP contribution in [0.25, 0.3) is 5.57 Å². The van der Waals surface area contributed by atoms with Crippen molar-refractivity contribution in [1.29, 1.82) is 0 Å². The van der Waals surface area contributed by atoms with Gasteiger partial charge in [-0.2, -0.15) is 0 Å². The van der Waals surface area contributed by atoms with Gasteiger partial charge in [0.2, 0.25) is 0 Å². The molecule has 0 saturated carbocycles. The summed E-state index contributed by atoms with van der Waals surface area (Å²) >= 11 is 0. The van der Waals surface area contributed by atoms with E-state index in [1.807, 2.05) is 6.20 Å². The first-order valence-electron chi connectivity index (χ1n) is 3.73. The van der Waals surface area contributed by atoms with Crippen LogP contribution in [0.4, 0.5) is 0 Å². The third-order valence-electron chi connectivity index (χ3n) is 1.77. The van der Waals surface area contributed by atoms with Crippen LogP contribution in [-0.2, 0) is 4.74 Å². The van der Waals surface area contributed by atoms with E-state index in [0.717, 1.165) is 25.5 Å². The molecule has 1 N–H and O–H groups in total. The maximum atomic E-state index is 5.18. The molecule has 3 heteroatoms. The Bertz CT molecular complexity index is 251. The Morgan fingerprint density at radius 3 is 3.18 bits per heavy atom. The van der Waals surface area contributed by atoms with Gasteiger partial charge in [-0.3, -0.25) is 0 Å². The van der Waals surface area contributed by atoms with Gasteiger partial charge >= 0.3 is 0 Å². The van der Waals surface area contributed by atoms with E-state index in [1.54, 1.807) is 6.20 Å². The summed E-state index contributed by atoms with van der Waals surface area (Å²) in [6, 6.07) is 0. The fourth-order valence-electron chi connectivity index (χ4n) is 1.18. The van der Waals surface area contributed by atoms with Gasteiger partial charge in [-0.1, -0.05) is 6.08 Å². The van der Waals surface area contributed by atoms with Crippen molar-refractivity contribution in [2.45, 2.75) is 6.42 Å². The van der Waals surface area contributed by atoms with Gasteiger partial charge in [0, 0.05) is 12.4 Å². The molecule has 0 bridgehead atoms. The smallest absolute Gasteiger partial charge is 0.133 e.